The Morgan fingerprint density at radius 1 is 1.55 bits per heavy atom. The summed E-state index contributed by atoms with van der Waals surface area (Å²) in [4.78, 5) is 22.8. The minimum atomic E-state index is -0.371. The predicted molar refractivity (Wildman–Crippen MR) is 76.5 cm³/mol. The lowest BCUT2D eigenvalue weighted by molar-refractivity contribution is -0.119. The summed E-state index contributed by atoms with van der Waals surface area (Å²) in [5.41, 5.74) is 7.57. The number of nitrogens with two attached hydrogens (primary N) is 1. The Morgan fingerprint density at radius 2 is 2.35 bits per heavy atom. The van der Waals surface area contributed by atoms with E-state index in [0.717, 1.165) is 6.42 Å². The second kappa shape index (κ2) is 6.27. The highest BCUT2D eigenvalue weighted by atomic mass is 16.5. The van der Waals surface area contributed by atoms with Gasteiger partial charge in [0, 0.05) is 19.0 Å². The van der Waals surface area contributed by atoms with Crippen molar-refractivity contribution in [3.8, 4) is 0 Å². The number of benzene rings is 1. The quantitative estimate of drug-likeness (QED) is 0.554. The molecule has 0 radical (unpaired) electrons. The van der Waals surface area contributed by atoms with Crippen LogP contribution in [0.25, 0.3) is 0 Å². The van der Waals surface area contributed by atoms with Gasteiger partial charge in [-0.25, -0.2) is 4.79 Å². The molecule has 1 amide bonds. The number of ether oxygens (including phenoxy) is 1. The van der Waals surface area contributed by atoms with Gasteiger partial charge in [0.1, 0.15) is 0 Å². The van der Waals surface area contributed by atoms with Gasteiger partial charge in [-0.2, -0.15) is 0 Å². The first-order valence-electron chi connectivity index (χ1n) is 6.70. The van der Waals surface area contributed by atoms with Gasteiger partial charge in [0.2, 0.25) is 5.91 Å². The topological polar surface area (TPSA) is 93.4 Å². The average molecular weight is 277 g/mol. The Labute approximate surface area is 117 Å². The van der Waals surface area contributed by atoms with Crippen molar-refractivity contribution in [2.75, 3.05) is 24.2 Å². The lowest BCUT2D eigenvalue weighted by Gasteiger charge is -2.14. The third-order valence-corrected chi connectivity index (χ3v) is 3.19. The van der Waals surface area contributed by atoms with Crippen LogP contribution in [0.4, 0.5) is 11.4 Å². The Bertz CT molecular complexity index is 516. The molecule has 2 rings (SSSR count). The third kappa shape index (κ3) is 3.40. The van der Waals surface area contributed by atoms with Crippen LogP contribution in [0.5, 0.6) is 0 Å². The largest absolute Gasteiger partial charge is 0.462 e. The summed E-state index contributed by atoms with van der Waals surface area (Å²) in [7, 11) is 0. The number of nitrogens with one attached hydrogen (secondary N) is 2. The van der Waals surface area contributed by atoms with E-state index in [1.807, 2.05) is 0 Å². The maximum atomic E-state index is 11.7. The Morgan fingerprint density at radius 3 is 3.00 bits per heavy atom. The molecule has 1 unspecified atom stereocenters. The summed E-state index contributed by atoms with van der Waals surface area (Å²) in [5, 5.41) is 6.03. The van der Waals surface area contributed by atoms with Gasteiger partial charge in [-0.05, 0) is 31.5 Å². The van der Waals surface area contributed by atoms with Crippen LogP contribution >= 0.6 is 0 Å². The van der Waals surface area contributed by atoms with E-state index in [1.165, 1.54) is 0 Å². The molecular formula is C14H19N3O3. The lowest BCUT2D eigenvalue weighted by atomic mass is 10.1. The number of carbonyl (C=O) groups is 2. The Kier molecular flexibility index (Phi) is 4.45. The van der Waals surface area contributed by atoms with Crippen molar-refractivity contribution in [3.05, 3.63) is 23.8 Å². The van der Waals surface area contributed by atoms with Crippen molar-refractivity contribution < 1.29 is 14.3 Å². The van der Waals surface area contributed by atoms with E-state index in [9.17, 15) is 9.59 Å². The molecule has 0 saturated carbocycles. The highest BCUT2D eigenvalue weighted by Gasteiger charge is 2.20. The first kappa shape index (κ1) is 14.2. The average Bonchev–Trinajstić information content (AvgIpc) is 2.84. The minimum absolute atomic E-state index is 0.0741. The van der Waals surface area contributed by atoms with Crippen molar-refractivity contribution in [3.63, 3.8) is 0 Å². The van der Waals surface area contributed by atoms with Crippen molar-refractivity contribution in [1.82, 2.24) is 5.32 Å². The highest BCUT2D eigenvalue weighted by Crippen LogP contribution is 2.21. The number of amides is 1. The summed E-state index contributed by atoms with van der Waals surface area (Å²) in [6.45, 7) is 2.68. The molecule has 1 aliphatic rings. The molecule has 20 heavy (non-hydrogen) atoms. The third-order valence-electron chi connectivity index (χ3n) is 3.19. The molecule has 108 valence electrons. The van der Waals surface area contributed by atoms with Crippen molar-refractivity contribution in [1.29, 1.82) is 0 Å². The van der Waals surface area contributed by atoms with E-state index in [2.05, 4.69) is 10.6 Å². The van der Waals surface area contributed by atoms with Gasteiger partial charge in [0.25, 0.3) is 0 Å². The van der Waals surface area contributed by atoms with Crippen LogP contribution < -0.4 is 16.4 Å². The monoisotopic (exact) mass is 277 g/mol. The maximum Gasteiger partial charge on any atom is 0.338 e. The van der Waals surface area contributed by atoms with Crippen molar-refractivity contribution >= 4 is 23.3 Å². The normalized spacial score (nSPS) is 17.6. The molecule has 6 nitrogen and oxygen atoms in total. The summed E-state index contributed by atoms with van der Waals surface area (Å²) in [6.07, 6.45) is 1.37. The number of esters is 1. The molecule has 4 N–H and O–H groups in total. The zero-order valence-corrected chi connectivity index (χ0v) is 11.4. The number of carbonyl (C=O) groups excluding carboxylic acids is 2. The molecule has 0 aliphatic carbocycles. The molecule has 1 aromatic rings. The van der Waals surface area contributed by atoms with Gasteiger partial charge < -0.3 is 21.1 Å². The van der Waals surface area contributed by atoms with Crippen LogP contribution in [0, 0.1) is 0 Å². The van der Waals surface area contributed by atoms with Gasteiger partial charge in [0.15, 0.2) is 0 Å². The molecule has 0 bridgehead atoms. The highest BCUT2D eigenvalue weighted by molar-refractivity contribution is 5.92. The zero-order valence-electron chi connectivity index (χ0n) is 11.4. The first-order chi connectivity index (χ1) is 9.60. The summed E-state index contributed by atoms with van der Waals surface area (Å²) in [5.74, 6) is -0.297. The fourth-order valence-electron chi connectivity index (χ4n) is 2.11. The first-order valence-corrected chi connectivity index (χ1v) is 6.70. The molecule has 0 aromatic heterocycles. The van der Waals surface area contributed by atoms with Crippen LogP contribution in [0.3, 0.4) is 0 Å². The number of nitrogen functional groups attached to an aromatic ring is 1. The van der Waals surface area contributed by atoms with E-state index in [-0.39, 0.29) is 17.9 Å². The zero-order chi connectivity index (χ0) is 14.5. The maximum absolute atomic E-state index is 11.7. The van der Waals surface area contributed by atoms with Gasteiger partial charge in [-0.1, -0.05) is 0 Å². The number of rotatable bonds is 5. The molecule has 6 heteroatoms. The second-order valence-corrected chi connectivity index (χ2v) is 4.71. The number of anilines is 2. The van der Waals surface area contributed by atoms with E-state index in [4.69, 9.17) is 10.5 Å². The Balaban J connectivity index is 2.01. The molecular weight excluding hydrogens is 258 g/mol. The summed E-state index contributed by atoms with van der Waals surface area (Å²) < 4.78 is 4.95. The smallest absolute Gasteiger partial charge is 0.338 e. The molecule has 1 fully saturated rings. The van der Waals surface area contributed by atoms with Gasteiger partial charge in [-0.15, -0.1) is 0 Å². The summed E-state index contributed by atoms with van der Waals surface area (Å²) >= 11 is 0. The van der Waals surface area contributed by atoms with Crippen LogP contribution in [0.1, 0.15) is 30.1 Å². The number of hydrogen-bond donors (Lipinski definition) is 3. The predicted octanol–water partition coefficient (Wildman–Crippen LogP) is 1.14. The lowest BCUT2D eigenvalue weighted by Crippen LogP contribution is -2.32. The van der Waals surface area contributed by atoms with Crippen LogP contribution in [-0.4, -0.2) is 31.1 Å². The van der Waals surface area contributed by atoms with E-state index < -0.39 is 0 Å². The SMILES string of the molecule is CCOC(=O)c1ccc(N)c(NCC2CCC(=O)N2)c1. The van der Waals surface area contributed by atoms with E-state index in [0.29, 0.717) is 36.5 Å². The van der Waals surface area contributed by atoms with Gasteiger partial charge >= 0.3 is 5.97 Å². The standard InChI is InChI=1S/C14H19N3O3/c1-2-20-14(19)9-3-5-11(15)12(7-9)16-8-10-4-6-13(18)17-10/h3,5,7,10,16H,2,4,6,8,15H2,1H3,(H,17,18). The minimum Gasteiger partial charge on any atom is -0.462 e. The van der Waals surface area contributed by atoms with Gasteiger partial charge in [-0.3, -0.25) is 4.79 Å². The molecule has 1 aromatic carbocycles. The van der Waals surface area contributed by atoms with Crippen LogP contribution in [0.15, 0.2) is 18.2 Å². The summed E-state index contributed by atoms with van der Waals surface area (Å²) in [6, 6.07) is 5.08. The Hall–Kier alpha value is -2.24. The molecule has 0 spiro atoms. The van der Waals surface area contributed by atoms with Crippen LogP contribution in [0.2, 0.25) is 0 Å². The molecule has 1 saturated heterocycles. The molecule has 1 aliphatic heterocycles. The molecule has 1 atom stereocenters. The van der Waals surface area contributed by atoms with Crippen LogP contribution in [-0.2, 0) is 9.53 Å². The number of hydrogen-bond acceptors (Lipinski definition) is 5. The van der Waals surface area contributed by atoms with Crippen molar-refractivity contribution in [2.24, 2.45) is 0 Å². The second-order valence-electron chi connectivity index (χ2n) is 4.71. The van der Waals surface area contributed by atoms with E-state index in [1.54, 1.807) is 25.1 Å². The fraction of sp³-hybridized carbons (Fsp3) is 0.429. The van der Waals surface area contributed by atoms with Gasteiger partial charge in [0.05, 0.1) is 23.5 Å². The molecule has 1 heterocycles. The van der Waals surface area contributed by atoms with Crippen molar-refractivity contribution in [2.45, 2.75) is 25.8 Å². The fourth-order valence-corrected chi connectivity index (χ4v) is 2.11. The van der Waals surface area contributed by atoms with E-state index >= 15 is 0 Å².